The molecule has 2 aliphatic heterocycles. The van der Waals surface area contributed by atoms with Crippen LogP contribution < -0.4 is 0 Å². The smallest absolute Gasteiger partial charge is 0.110 e. The molecule has 0 aromatic heterocycles. The van der Waals surface area contributed by atoms with E-state index < -0.39 is 73.9 Å². The quantitative estimate of drug-likeness (QED) is 0.217. The lowest BCUT2D eigenvalue weighted by molar-refractivity contribution is -0.241. The van der Waals surface area contributed by atoms with Crippen LogP contribution in [0.15, 0.2) is 0 Å². The van der Waals surface area contributed by atoms with Gasteiger partial charge in [-0.05, 0) is 5.92 Å². The highest BCUT2D eigenvalue weighted by Gasteiger charge is 2.46. The monoisotopic (exact) mass is 410 g/mol. The van der Waals surface area contributed by atoms with Gasteiger partial charge in [0.05, 0.1) is 57.5 Å². The molecule has 2 saturated heterocycles. The summed E-state index contributed by atoms with van der Waals surface area (Å²) >= 11 is 0. The Labute approximate surface area is 164 Å². The van der Waals surface area contributed by atoms with Crippen LogP contribution in [0.1, 0.15) is 13.8 Å². The molecule has 0 radical (unpaired) electrons. The third kappa shape index (κ3) is 5.01. The van der Waals surface area contributed by atoms with Crippen LogP contribution in [0, 0.1) is 17.8 Å². The lowest BCUT2D eigenvalue weighted by atomic mass is 9.79. The van der Waals surface area contributed by atoms with Crippen molar-refractivity contribution in [2.75, 3.05) is 33.0 Å². The van der Waals surface area contributed by atoms with E-state index in [9.17, 15) is 35.7 Å². The Morgan fingerprint density at radius 1 is 0.679 bits per heavy atom. The molecule has 10 atom stereocenters. The SMILES string of the molecule is CC(C)C1C(CO)OC(COCC2C(CO)OC(CO)C(O)C2O)C(O)C1O. The van der Waals surface area contributed by atoms with Gasteiger partial charge in [0.25, 0.3) is 0 Å². The maximum absolute atomic E-state index is 10.4. The zero-order chi connectivity index (χ0) is 21.0. The average Bonchev–Trinajstić information content (AvgIpc) is 2.67. The number of rotatable bonds is 8. The molecule has 10 nitrogen and oxygen atoms in total. The molecular weight excluding hydrogens is 376 g/mol. The van der Waals surface area contributed by atoms with Crippen LogP contribution in [-0.2, 0) is 14.2 Å². The van der Waals surface area contributed by atoms with Gasteiger partial charge >= 0.3 is 0 Å². The first-order chi connectivity index (χ1) is 13.3. The van der Waals surface area contributed by atoms with Gasteiger partial charge in [-0.15, -0.1) is 0 Å². The molecule has 0 aliphatic carbocycles. The first-order valence-corrected chi connectivity index (χ1v) is 9.70. The topological polar surface area (TPSA) is 169 Å². The van der Waals surface area contributed by atoms with Crippen molar-refractivity contribution in [3.63, 3.8) is 0 Å². The van der Waals surface area contributed by atoms with Gasteiger partial charge in [-0.2, -0.15) is 0 Å². The summed E-state index contributed by atoms with van der Waals surface area (Å²) in [4.78, 5) is 0. The molecule has 2 aliphatic rings. The maximum Gasteiger partial charge on any atom is 0.110 e. The van der Waals surface area contributed by atoms with Gasteiger partial charge in [-0.1, -0.05) is 13.8 Å². The van der Waals surface area contributed by atoms with E-state index in [1.165, 1.54) is 0 Å². The summed E-state index contributed by atoms with van der Waals surface area (Å²) in [5.41, 5.74) is 0. The van der Waals surface area contributed by atoms with Crippen molar-refractivity contribution in [3.05, 3.63) is 0 Å². The van der Waals surface area contributed by atoms with Gasteiger partial charge in [0.2, 0.25) is 0 Å². The summed E-state index contributed by atoms with van der Waals surface area (Å²) in [5.74, 6) is -1.19. The number of aliphatic hydroxyl groups is 7. The van der Waals surface area contributed by atoms with Crippen molar-refractivity contribution in [3.8, 4) is 0 Å². The first-order valence-electron chi connectivity index (χ1n) is 9.70. The van der Waals surface area contributed by atoms with Gasteiger partial charge in [-0.3, -0.25) is 0 Å². The molecule has 166 valence electrons. The molecule has 0 aromatic carbocycles. The second-order valence-electron chi connectivity index (χ2n) is 7.96. The fourth-order valence-corrected chi connectivity index (χ4v) is 4.14. The third-order valence-corrected chi connectivity index (χ3v) is 5.80. The highest BCUT2D eigenvalue weighted by atomic mass is 16.6. The molecule has 2 heterocycles. The predicted octanol–water partition coefficient (Wildman–Crippen LogP) is -3.15. The highest BCUT2D eigenvalue weighted by Crippen LogP contribution is 2.32. The Kier molecular flexibility index (Phi) is 9.02. The Hall–Kier alpha value is -0.400. The largest absolute Gasteiger partial charge is 0.394 e. The molecule has 2 fully saturated rings. The van der Waals surface area contributed by atoms with Crippen LogP contribution in [0.3, 0.4) is 0 Å². The van der Waals surface area contributed by atoms with Crippen LogP contribution in [0.25, 0.3) is 0 Å². The van der Waals surface area contributed by atoms with Crippen molar-refractivity contribution in [1.82, 2.24) is 0 Å². The number of ether oxygens (including phenoxy) is 3. The van der Waals surface area contributed by atoms with Gasteiger partial charge in [0.15, 0.2) is 0 Å². The van der Waals surface area contributed by atoms with E-state index in [4.69, 9.17) is 14.2 Å². The molecule has 0 saturated carbocycles. The molecule has 2 rings (SSSR count). The standard InChI is InChI=1S/C18H34O10/c1-8(2)14-11(4-20)28-13(17(24)18(14)25)7-26-6-9-10(3-19)27-12(5-21)16(23)15(9)22/h8-25H,3-7H2,1-2H3. The van der Waals surface area contributed by atoms with E-state index in [0.29, 0.717) is 0 Å². The van der Waals surface area contributed by atoms with Crippen molar-refractivity contribution in [2.24, 2.45) is 17.8 Å². The summed E-state index contributed by atoms with van der Waals surface area (Å²) in [7, 11) is 0. The minimum atomic E-state index is -1.33. The Morgan fingerprint density at radius 2 is 1.21 bits per heavy atom. The fraction of sp³-hybridized carbons (Fsp3) is 1.00. The van der Waals surface area contributed by atoms with Crippen molar-refractivity contribution in [2.45, 2.75) is 62.7 Å². The first kappa shape index (κ1) is 23.9. The molecular formula is C18H34O10. The number of aliphatic hydroxyl groups excluding tert-OH is 7. The lowest BCUT2D eigenvalue weighted by Crippen LogP contribution is -2.59. The normalized spacial score (nSPS) is 44.8. The van der Waals surface area contributed by atoms with Crippen LogP contribution in [0.4, 0.5) is 0 Å². The average molecular weight is 410 g/mol. The molecule has 10 unspecified atom stereocenters. The summed E-state index contributed by atoms with van der Waals surface area (Å²) < 4.78 is 16.6. The minimum absolute atomic E-state index is 0.00975. The Morgan fingerprint density at radius 3 is 1.75 bits per heavy atom. The summed E-state index contributed by atoms with van der Waals surface area (Å²) in [6.45, 7) is 2.27. The van der Waals surface area contributed by atoms with Crippen LogP contribution in [0.2, 0.25) is 0 Å². The van der Waals surface area contributed by atoms with Gasteiger partial charge in [-0.25, -0.2) is 0 Å². The third-order valence-electron chi connectivity index (χ3n) is 5.80. The van der Waals surface area contributed by atoms with Crippen molar-refractivity contribution < 1.29 is 50.0 Å². The maximum atomic E-state index is 10.4. The van der Waals surface area contributed by atoms with Gasteiger partial charge < -0.3 is 50.0 Å². The van der Waals surface area contributed by atoms with Crippen LogP contribution in [0.5, 0.6) is 0 Å². The van der Waals surface area contributed by atoms with Crippen LogP contribution >= 0.6 is 0 Å². The van der Waals surface area contributed by atoms with Gasteiger partial charge in [0.1, 0.15) is 24.4 Å². The Balaban J connectivity index is 1.94. The summed E-state index contributed by atoms with van der Waals surface area (Å²) in [5, 5.41) is 69.2. The molecule has 28 heavy (non-hydrogen) atoms. The summed E-state index contributed by atoms with van der Waals surface area (Å²) in [6, 6.07) is 0. The molecule has 7 N–H and O–H groups in total. The highest BCUT2D eigenvalue weighted by molar-refractivity contribution is 4.94. The molecule has 10 heteroatoms. The number of hydrogen-bond acceptors (Lipinski definition) is 10. The van der Waals surface area contributed by atoms with E-state index in [0.717, 1.165) is 0 Å². The Bertz CT molecular complexity index is 460. The lowest BCUT2D eigenvalue weighted by Gasteiger charge is -2.44. The second-order valence-corrected chi connectivity index (χ2v) is 7.96. The molecule has 0 amide bonds. The minimum Gasteiger partial charge on any atom is -0.394 e. The zero-order valence-electron chi connectivity index (χ0n) is 16.2. The van der Waals surface area contributed by atoms with E-state index in [2.05, 4.69) is 0 Å². The fourth-order valence-electron chi connectivity index (χ4n) is 4.14. The van der Waals surface area contributed by atoms with Gasteiger partial charge in [0, 0.05) is 11.8 Å². The van der Waals surface area contributed by atoms with E-state index in [1.54, 1.807) is 0 Å². The van der Waals surface area contributed by atoms with Crippen molar-refractivity contribution >= 4 is 0 Å². The molecule has 0 spiro atoms. The zero-order valence-corrected chi connectivity index (χ0v) is 16.2. The van der Waals surface area contributed by atoms with E-state index in [1.807, 2.05) is 13.8 Å². The number of hydrogen-bond donors (Lipinski definition) is 7. The summed E-state index contributed by atoms with van der Waals surface area (Å²) in [6.07, 6.45) is -8.26. The van der Waals surface area contributed by atoms with E-state index >= 15 is 0 Å². The van der Waals surface area contributed by atoms with E-state index in [-0.39, 0.29) is 25.7 Å². The molecule has 0 bridgehead atoms. The molecule has 0 aromatic rings. The van der Waals surface area contributed by atoms with Crippen molar-refractivity contribution in [1.29, 1.82) is 0 Å². The van der Waals surface area contributed by atoms with Crippen LogP contribution in [-0.4, -0.2) is 118 Å². The predicted molar refractivity (Wildman–Crippen MR) is 95.2 cm³/mol. The second kappa shape index (κ2) is 10.6.